The zero-order valence-electron chi connectivity index (χ0n) is 14.6. The van der Waals surface area contributed by atoms with Crippen LogP contribution < -0.4 is 9.47 Å². The Kier molecular flexibility index (Phi) is 6.25. The molecule has 23 heavy (non-hydrogen) atoms. The van der Waals surface area contributed by atoms with Gasteiger partial charge >= 0.3 is 0 Å². The van der Waals surface area contributed by atoms with Gasteiger partial charge in [0.2, 0.25) is 0 Å². The normalized spacial score (nSPS) is 11.4. The van der Waals surface area contributed by atoms with Crippen LogP contribution in [0.15, 0.2) is 36.0 Å². The molecule has 0 spiro atoms. The summed E-state index contributed by atoms with van der Waals surface area (Å²) in [5.41, 5.74) is 4.96. The van der Waals surface area contributed by atoms with Crippen molar-refractivity contribution < 1.29 is 9.47 Å². The topological polar surface area (TPSA) is 18.5 Å². The third kappa shape index (κ3) is 4.80. The minimum atomic E-state index is -0.837. The van der Waals surface area contributed by atoms with E-state index in [1.807, 2.05) is 24.3 Å². The number of hydrogen-bond acceptors (Lipinski definition) is 2. The maximum absolute atomic E-state index is 6.19. The van der Waals surface area contributed by atoms with Crippen LogP contribution in [0.3, 0.4) is 0 Å². The Morgan fingerprint density at radius 3 is 2.30 bits per heavy atom. The van der Waals surface area contributed by atoms with E-state index in [9.17, 15) is 0 Å². The van der Waals surface area contributed by atoms with Crippen molar-refractivity contribution in [3.63, 3.8) is 0 Å². The molecule has 0 aliphatic heterocycles. The van der Waals surface area contributed by atoms with Crippen LogP contribution >= 0.6 is 22.6 Å². The van der Waals surface area contributed by atoms with E-state index in [0.29, 0.717) is 13.2 Å². The summed E-state index contributed by atoms with van der Waals surface area (Å²) < 4.78 is 13.2. The van der Waals surface area contributed by atoms with Gasteiger partial charge in [-0.1, -0.05) is 44.6 Å². The van der Waals surface area contributed by atoms with Crippen LogP contribution in [0, 0.1) is 17.4 Å². The van der Waals surface area contributed by atoms with Crippen molar-refractivity contribution in [2.75, 3.05) is 13.2 Å². The molecule has 0 amide bonds. The monoisotopic (exact) mass is 440 g/mol. The van der Waals surface area contributed by atoms with Gasteiger partial charge in [-0.15, -0.1) is 0 Å². The summed E-state index contributed by atoms with van der Waals surface area (Å²) in [6.45, 7) is 12.4. The molecule has 2 nitrogen and oxygen atoms in total. The molecule has 0 N–H and O–H groups in total. The molecule has 0 fully saturated rings. The van der Waals surface area contributed by atoms with Crippen molar-refractivity contribution in [3.8, 4) is 11.1 Å². The Balaban J connectivity index is 2.06. The summed E-state index contributed by atoms with van der Waals surface area (Å²) >= 11 is 2.29. The Morgan fingerprint density at radius 1 is 1.00 bits per heavy atom. The molecule has 2 aromatic rings. The number of benzene rings is 1. The first-order chi connectivity index (χ1) is 10.8. The second-order valence-corrected chi connectivity index (χ2v) is 11.0. The standard InChI is InChI=1S/C19H25IO2Si/c1-14-10-13-23(19(3,4)5)18(15(14)2)22-12-11-21-17-9-7-6-8-16(17)20/h6-10,13H,11-12H2,1-5H3. The zero-order chi connectivity index (χ0) is 17.0. The van der Waals surface area contributed by atoms with Crippen LogP contribution in [0.4, 0.5) is 0 Å². The molecule has 0 radical (unpaired) electrons. The number of hydrogen-bond donors (Lipinski definition) is 0. The highest BCUT2D eigenvalue weighted by atomic mass is 127. The van der Waals surface area contributed by atoms with Gasteiger partial charge in [0.05, 0.1) is 17.3 Å². The second kappa shape index (κ2) is 7.79. The molecule has 0 bridgehead atoms. The van der Waals surface area contributed by atoms with Crippen molar-refractivity contribution in [3.05, 3.63) is 50.7 Å². The predicted octanol–water partition coefficient (Wildman–Crippen LogP) is 5.15. The Hall–Kier alpha value is -0.883. The minimum absolute atomic E-state index is 0.244. The van der Waals surface area contributed by atoms with Crippen LogP contribution in [-0.2, 0) is 5.04 Å². The molecule has 1 aromatic heterocycles. The van der Waals surface area contributed by atoms with E-state index in [1.165, 1.54) is 16.5 Å². The smallest absolute Gasteiger partial charge is 0.132 e. The fraction of sp³-hybridized carbons (Fsp3) is 0.421. The van der Waals surface area contributed by atoms with Gasteiger partial charge < -0.3 is 9.47 Å². The Bertz CT molecular complexity index is 678. The molecule has 124 valence electrons. The molecule has 0 saturated carbocycles. The van der Waals surface area contributed by atoms with Crippen molar-refractivity contribution in [1.82, 2.24) is 0 Å². The summed E-state index contributed by atoms with van der Waals surface area (Å²) in [6, 6.07) is 10.3. The van der Waals surface area contributed by atoms with E-state index < -0.39 is 8.40 Å². The van der Waals surface area contributed by atoms with Crippen molar-refractivity contribution >= 4 is 31.0 Å². The highest BCUT2D eigenvalue weighted by molar-refractivity contribution is 14.1. The number of aryl methyl sites for hydroxylation is 1. The molecule has 2 rings (SSSR count). The van der Waals surface area contributed by atoms with Gasteiger partial charge in [-0.05, 0) is 64.7 Å². The van der Waals surface area contributed by atoms with Crippen LogP contribution in [0.1, 0.15) is 31.9 Å². The molecule has 0 saturated heterocycles. The van der Waals surface area contributed by atoms with Crippen LogP contribution in [0.5, 0.6) is 11.1 Å². The lowest BCUT2D eigenvalue weighted by Gasteiger charge is -2.24. The first-order valence-corrected chi connectivity index (χ1v) is 10.6. The lowest BCUT2D eigenvalue weighted by molar-refractivity contribution is 0.218. The van der Waals surface area contributed by atoms with Gasteiger partial charge in [0.15, 0.2) is 0 Å². The highest BCUT2D eigenvalue weighted by Gasteiger charge is 2.22. The fourth-order valence-corrected chi connectivity index (χ4v) is 5.57. The molecule has 0 aliphatic carbocycles. The average Bonchev–Trinajstić information content (AvgIpc) is 2.48. The van der Waals surface area contributed by atoms with Gasteiger partial charge in [0, 0.05) is 0 Å². The Labute approximate surface area is 154 Å². The number of rotatable bonds is 5. The molecule has 1 aromatic carbocycles. The third-order valence-electron chi connectivity index (χ3n) is 3.91. The van der Waals surface area contributed by atoms with Gasteiger partial charge in [-0.25, -0.2) is 0 Å². The maximum Gasteiger partial charge on any atom is 0.132 e. The minimum Gasteiger partial charge on any atom is -0.495 e. The number of para-hydroxylation sites is 1. The van der Waals surface area contributed by atoms with E-state index in [4.69, 9.17) is 9.47 Å². The summed E-state index contributed by atoms with van der Waals surface area (Å²) in [5, 5.41) is 1.43. The Morgan fingerprint density at radius 2 is 1.65 bits per heavy atom. The van der Waals surface area contributed by atoms with E-state index in [0.717, 1.165) is 9.32 Å². The maximum atomic E-state index is 6.19. The molecule has 1 heterocycles. The van der Waals surface area contributed by atoms with Gasteiger partial charge in [-0.2, -0.15) is 0 Å². The van der Waals surface area contributed by atoms with E-state index in [2.05, 4.69) is 69.0 Å². The number of halogens is 1. The zero-order valence-corrected chi connectivity index (χ0v) is 17.7. The highest BCUT2D eigenvalue weighted by Crippen LogP contribution is 2.27. The van der Waals surface area contributed by atoms with Crippen LogP contribution in [-0.4, -0.2) is 21.6 Å². The van der Waals surface area contributed by atoms with E-state index >= 15 is 0 Å². The molecule has 0 atom stereocenters. The molecular weight excluding hydrogens is 415 g/mol. The summed E-state index contributed by atoms with van der Waals surface area (Å²) in [4.78, 5) is 0. The fourth-order valence-electron chi connectivity index (χ4n) is 2.42. The third-order valence-corrected chi connectivity index (χ3v) is 7.92. The van der Waals surface area contributed by atoms with Crippen molar-refractivity contribution in [2.45, 2.75) is 39.7 Å². The first-order valence-electron chi connectivity index (χ1n) is 7.91. The first kappa shape index (κ1) is 18.5. The summed E-state index contributed by atoms with van der Waals surface area (Å²) in [5.74, 6) is 0.926. The average molecular weight is 440 g/mol. The van der Waals surface area contributed by atoms with Gasteiger partial charge in [0.1, 0.15) is 19.0 Å². The van der Waals surface area contributed by atoms with Crippen LogP contribution in [0.25, 0.3) is 0 Å². The van der Waals surface area contributed by atoms with Crippen LogP contribution in [0.2, 0.25) is 0 Å². The van der Waals surface area contributed by atoms with Gasteiger partial charge in [-0.3, -0.25) is 0 Å². The molecular formula is C19H25IO2Si. The lowest BCUT2D eigenvalue weighted by atomic mass is 10.2. The van der Waals surface area contributed by atoms with Crippen molar-refractivity contribution in [1.29, 1.82) is 0 Å². The SMILES string of the molecule is Cc1cc[si](C(C)(C)C)c(OCCOc2ccccc2I)c1C. The number of ether oxygens (including phenoxy) is 2. The lowest BCUT2D eigenvalue weighted by Crippen LogP contribution is -2.26. The summed E-state index contributed by atoms with van der Waals surface area (Å²) in [6.07, 6.45) is 0. The van der Waals surface area contributed by atoms with E-state index in [-0.39, 0.29) is 5.04 Å². The molecule has 0 unspecified atom stereocenters. The predicted molar refractivity (Wildman–Crippen MR) is 107 cm³/mol. The quantitative estimate of drug-likeness (QED) is 0.364. The van der Waals surface area contributed by atoms with Crippen molar-refractivity contribution in [2.24, 2.45) is 0 Å². The molecule has 4 heteroatoms. The van der Waals surface area contributed by atoms with Gasteiger partial charge in [0.25, 0.3) is 0 Å². The largest absolute Gasteiger partial charge is 0.495 e. The summed E-state index contributed by atoms with van der Waals surface area (Å²) in [7, 11) is -0.837. The molecule has 0 aliphatic rings. The van der Waals surface area contributed by atoms with E-state index in [1.54, 1.807) is 0 Å². The second-order valence-electron chi connectivity index (χ2n) is 6.76.